The summed E-state index contributed by atoms with van der Waals surface area (Å²) in [7, 11) is -3.76. The zero-order valence-corrected chi connectivity index (χ0v) is 13.2. The summed E-state index contributed by atoms with van der Waals surface area (Å²) in [6.07, 6.45) is 2.06. The predicted molar refractivity (Wildman–Crippen MR) is 86.2 cm³/mol. The Morgan fingerprint density at radius 1 is 1.26 bits per heavy atom. The third-order valence-corrected chi connectivity index (χ3v) is 4.36. The Kier molecular flexibility index (Phi) is 3.88. The Bertz CT molecular complexity index is 882. The van der Waals surface area contributed by atoms with Crippen LogP contribution in [0.15, 0.2) is 41.5 Å². The molecule has 1 amide bonds. The van der Waals surface area contributed by atoms with Gasteiger partial charge in [-0.15, -0.1) is 0 Å². The number of H-pyrrole nitrogens is 1. The topological polar surface area (TPSA) is 117 Å². The van der Waals surface area contributed by atoms with Gasteiger partial charge in [-0.1, -0.05) is 24.3 Å². The Labute approximate surface area is 133 Å². The summed E-state index contributed by atoms with van der Waals surface area (Å²) in [6.45, 7) is 1.70. The molecule has 2 heterocycles. The highest BCUT2D eigenvalue weighted by molar-refractivity contribution is 7.87. The summed E-state index contributed by atoms with van der Waals surface area (Å²) in [4.78, 5) is 18.9. The maximum absolute atomic E-state index is 11.7. The highest BCUT2D eigenvalue weighted by Gasteiger charge is 2.21. The highest BCUT2D eigenvalue weighted by Crippen LogP contribution is 2.21. The van der Waals surface area contributed by atoms with Crippen molar-refractivity contribution in [1.29, 1.82) is 0 Å². The van der Waals surface area contributed by atoms with Crippen molar-refractivity contribution in [2.75, 3.05) is 0 Å². The van der Waals surface area contributed by atoms with Gasteiger partial charge in [-0.25, -0.2) is 10.1 Å². The van der Waals surface area contributed by atoms with Gasteiger partial charge in [0.2, 0.25) is 0 Å². The first kappa shape index (κ1) is 15.6. The van der Waals surface area contributed by atoms with Gasteiger partial charge < -0.3 is 4.98 Å². The zero-order chi connectivity index (χ0) is 16.6. The van der Waals surface area contributed by atoms with Crippen molar-refractivity contribution in [3.05, 3.63) is 58.9 Å². The summed E-state index contributed by atoms with van der Waals surface area (Å²) in [6, 6.07) is 8.63. The third kappa shape index (κ3) is 3.39. The van der Waals surface area contributed by atoms with E-state index in [4.69, 9.17) is 5.14 Å². The lowest BCUT2D eigenvalue weighted by molar-refractivity contribution is -0.117. The maximum atomic E-state index is 11.7. The minimum Gasteiger partial charge on any atom is -0.364 e. The van der Waals surface area contributed by atoms with E-state index in [-0.39, 0.29) is 12.3 Å². The minimum atomic E-state index is -3.76. The van der Waals surface area contributed by atoms with E-state index >= 15 is 0 Å². The summed E-state index contributed by atoms with van der Waals surface area (Å²) in [5.74, 6) is -0.191. The van der Waals surface area contributed by atoms with Crippen molar-refractivity contribution in [3.63, 3.8) is 0 Å². The van der Waals surface area contributed by atoms with E-state index in [1.165, 1.54) is 0 Å². The number of rotatable bonds is 4. The molecule has 0 saturated carbocycles. The molecular formula is C15H16N4O3S. The average Bonchev–Trinajstić information content (AvgIpc) is 2.93. The van der Waals surface area contributed by atoms with Crippen LogP contribution in [0.4, 0.5) is 0 Å². The number of nitrogens with zero attached hydrogens (tertiary/aromatic N) is 1. The molecule has 0 fully saturated rings. The van der Waals surface area contributed by atoms with Crippen molar-refractivity contribution in [2.45, 2.75) is 19.4 Å². The molecular weight excluding hydrogens is 316 g/mol. The van der Waals surface area contributed by atoms with E-state index in [0.29, 0.717) is 5.71 Å². The summed E-state index contributed by atoms with van der Waals surface area (Å²) < 4.78 is 24.5. The van der Waals surface area contributed by atoms with Crippen LogP contribution in [-0.2, 0) is 21.4 Å². The molecule has 120 valence electrons. The molecule has 23 heavy (non-hydrogen) atoms. The van der Waals surface area contributed by atoms with Crippen molar-refractivity contribution in [1.82, 2.24) is 9.71 Å². The van der Waals surface area contributed by atoms with E-state index in [1.807, 2.05) is 18.2 Å². The van der Waals surface area contributed by atoms with Gasteiger partial charge in [0.15, 0.2) is 0 Å². The van der Waals surface area contributed by atoms with Gasteiger partial charge >= 0.3 is 0 Å². The van der Waals surface area contributed by atoms with Gasteiger partial charge in [0.1, 0.15) is 0 Å². The van der Waals surface area contributed by atoms with Crippen LogP contribution in [0, 0.1) is 0 Å². The van der Waals surface area contributed by atoms with E-state index in [1.54, 1.807) is 25.3 Å². The van der Waals surface area contributed by atoms with Crippen molar-refractivity contribution in [2.24, 2.45) is 10.1 Å². The van der Waals surface area contributed by atoms with Crippen LogP contribution < -0.4 is 9.86 Å². The number of hydrogen-bond donors (Lipinski definition) is 3. The molecule has 1 aliphatic rings. The molecule has 0 unspecified atom stereocenters. The van der Waals surface area contributed by atoms with Gasteiger partial charge in [-0.3, -0.25) is 4.79 Å². The molecule has 1 aromatic heterocycles. The number of amides is 1. The zero-order valence-electron chi connectivity index (χ0n) is 12.4. The number of nitrogens with two attached hydrogens (primary N) is 1. The monoisotopic (exact) mass is 332 g/mol. The standard InChI is InChI=1S/C15H16N4O3S/c1-9(19-23(16,21)22)10-2-4-11(5-3-10)15-12-6-7-17-13(12)8-14(20)18-15/h2-7,9,17,19H,8H2,1H3,(H2,16,21,22)/t9-/m1/s1. The van der Waals surface area contributed by atoms with Gasteiger partial charge in [0.05, 0.1) is 12.1 Å². The Morgan fingerprint density at radius 3 is 2.61 bits per heavy atom. The Morgan fingerprint density at radius 2 is 1.96 bits per heavy atom. The van der Waals surface area contributed by atoms with Crippen molar-refractivity contribution < 1.29 is 13.2 Å². The molecule has 1 atom stereocenters. The number of hydrogen-bond acceptors (Lipinski definition) is 3. The van der Waals surface area contributed by atoms with E-state index in [2.05, 4.69) is 14.7 Å². The van der Waals surface area contributed by atoms with Crippen LogP contribution in [0.3, 0.4) is 0 Å². The fourth-order valence-electron chi connectivity index (χ4n) is 2.61. The van der Waals surface area contributed by atoms with Crippen LogP contribution in [0.25, 0.3) is 0 Å². The molecule has 3 rings (SSSR count). The second-order valence-corrected chi connectivity index (χ2v) is 6.73. The van der Waals surface area contributed by atoms with E-state index in [9.17, 15) is 13.2 Å². The molecule has 1 aromatic carbocycles. The van der Waals surface area contributed by atoms with Gasteiger partial charge in [0, 0.05) is 29.1 Å². The molecule has 8 heteroatoms. The number of benzene rings is 1. The molecule has 7 nitrogen and oxygen atoms in total. The summed E-state index contributed by atoms with van der Waals surface area (Å²) in [5.41, 5.74) is 3.95. The summed E-state index contributed by atoms with van der Waals surface area (Å²) in [5, 5.41) is 4.98. The lowest BCUT2D eigenvalue weighted by Gasteiger charge is -2.15. The maximum Gasteiger partial charge on any atom is 0.274 e. The molecule has 0 radical (unpaired) electrons. The van der Waals surface area contributed by atoms with Gasteiger partial charge in [-0.05, 0) is 18.6 Å². The van der Waals surface area contributed by atoms with Crippen molar-refractivity contribution >= 4 is 21.8 Å². The first-order valence-electron chi connectivity index (χ1n) is 7.02. The van der Waals surface area contributed by atoms with Crippen LogP contribution in [0.2, 0.25) is 0 Å². The first-order valence-corrected chi connectivity index (χ1v) is 8.56. The van der Waals surface area contributed by atoms with Crippen LogP contribution >= 0.6 is 0 Å². The average molecular weight is 332 g/mol. The number of carbonyl (C=O) groups is 1. The van der Waals surface area contributed by atoms with Gasteiger partial charge in [0.25, 0.3) is 16.1 Å². The Hall–Kier alpha value is -2.29. The Balaban J connectivity index is 1.90. The molecule has 0 spiro atoms. The highest BCUT2D eigenvalue weighted by atomic mass is 32.2. The van der Waals surface area contributed by atoms with Crippen molar-refractivity contribution in [3.8, 4) is 0 Å². The molecule has 0 bridgehead atoms. The fourth-order valence-corrected chi connectivity index (χ4v) is 3.24. The quantitative estimate of drug-likeness (QED) is 0.768. The SMILES string of the molecule is C[C@@H](NS(N)(=O)=O)c1ccc(C2=NC(=O)Cc3[nH]ccc32)cc1. The lowest BCUT2D eigenvalue weighted by Crippen LogP contribution is -2.32. The molecule has 2 aromatic rings. The minimum absolute atomic E-state index is 0.191. The normalized spacial score (nSPS) is 15.9. The largest absolute Gasteiger partial charge is 0.364 e. The number of fused-ring (bicyclic) bond motifs is 1. The van der Waals surface area contributed by atoms with Crippen LogP contribution in [0.1, 0.15) is 35.3 Å². The van der Waals surface area contributed by atoms with E-state index in [0.717, 1.165) is 22.4 Å². The second-order valence-electron chi connectivity index (χ2n) is 5.41. The predicted octanol–water partition coefficient (Wildman–Crippen LogP) is 0.789. The number of aromatic amines is 1. The van der Waals surface area contributed by atoms with Crippen LogP contribution in [0.5, 0.6) is 0 Å². The summed E-state index contributed by atoms with van der Waals surface area (Å²) >= 11 is 0. The van der Waals surface area contributed by atoms with Crippen LogP contribution in [-0.4, -0.2) is 25.0 Å². The molecule has 0 saturated heterocycles. The number of aromatic nitrogens is 1. The number of nitrogens with one attached hydrogen (secondary N) is 2. The third-order valence-electron chi connectivity index (χ3n) is 3.68. The number of aliphatic imine (C=N–C) groups is 1. The number of carbonyl (C=O) groups excluding carboxylic acids is 1. The second kappa shape index (κ2) is 5.73. The molecule has 0 aliphatic carbocycles. The molecule has 1 aliphatic heterocycles. The van der Waals surface area contributed by atoms with E-state index < -0.39 is 16.3 Å². The van der Waals surface area contributed by atoms with Gasteiger partial charge in [-0.2, -0.15) is 13.1 Å². The lowest BCUT2D eigenvalue weighted by atomic mass is 9.97. The fraction of sp³-hybridized carbons (Fsp3) is 0.200. The smallest absolute Gasteiger partial charge is 0.274 e. The first-order chi connectivity index (χ1) is 10.8. The molecule has 4 N–H and O–H groups in total.